The second kappa shape index (κ2) is 7.98. The fraction of sp³-hybridized carbons (Fsp3) is 1.00. The van der Waals surface area contributed by atoms with Crippen LogP contribution in [0.5, 0.6) is 0 Å². The van der Waals surface area contributed by atoms with Gasteiger partial charge in [0, 0.05) is 0 Å². The van der Waals surface area contributed by atoms with Gasteiger partial charge < -0.3 is 15.3 Å². The zero-order valence-electron chi connectivity index (χ0n) is 21.2. The van der Waals surface area contributed by atoms with Gasteiger partial charge in [0.15, 0.2) is 0 Å². The third-order valence-corrected chi connectivity index (χ3v) is 11.2. The highest BCUT2D eigenvalue weighted by Gasteiger charge is 2.64. The smallest absolute Gasteiger partial charge is 0.0656 e. The number of aliphatic hydroxyl groups is 3. The Hall–Kier alpha value is -0.120. The van der Waals surface area contributed by atoms with Gasteiger partial charge in [-0.05, 0) is 125 Å². The molecule has 0 amide bonds. The molecule has 4 aliphatic rings. The van der Waals surface area contributed by atoms with Gasteiger partial charge in [-0.15, -0.1) is 0 Å². The Kier molecular flexibility index (Phi) is 6.18. The molecule has 3 N–H and O–H groups in total. The molecule has 0 saturated heterocycles. The van der Waals surface area contributed by atoms with Crippen molar-refractivity contribution in [2.75, 3.05) is 0 Å². The summed E-state index contributed by atoms with van der Waals surface area (Å²) >= 11 is 0. The largest absolute Gasteiger partial charge is 0.393 e. The summed E-state index contributed by atoms with van der Waals surface area (Å²) in [5, 5.41) is 32.1. The van der Waals surface area contributed by atoms with Gasteiger partial charge in [0.05, 0.1) is 17.3 Å². The Morgan fingerprint density at radius 1 is 0.968 bits per heavy atom. The molecule has 0 spiro atoms. The number of aliphatic hydroxyl groups excluding tert-OH is 1. The van der Waals surface area contributed by atoms with Crippen LogP contribution < -0.4 is 0 Å². The molecule has 0 aromatic rings. The third kappa shape index (κ3) is 4.14. The van der Waals surface area contributed by atoms with Gasteiger partial charge in [-0.2, -0.15) is 0 Å². The van der Waals surface area contributed by atoms with Gasteiger partial charge in [-0.1, -0.05) is 33.6 Å². The Morgan fingerprint density at radius 3 is 2.29 bits per heavy atom. The SMILES string of the molecule is C[C@H](CCCC(C)(C)O)[C@H]1CC[C@H]2[C@@H]3CC(C)(O)[C@H]4C[C@@H](O)CC[C@]4(C)[C@H]3CC[C@]12C. The minimum absolute atomic E-state index is 0.184. The van der Waals surface area contributed by atoms with Gasteiger partial charge >= 0.3 is 0 Å². The Balaban J connectivity index is 1.52. The molecule has 0 aromatic heterocycles. The first-order chi connectivity index (χ1) is 14.3. The van der Waals surface area contributed by atoms with E-state index in [4.69, 9.17) is 0 Å². The van der Waals surface area contributed by atoms with E-state index in [2.05, 4.69) is 27.7 Å². The summed E-state index contributed by atoms with van der Waals surface area (Å²) in [7, 11) is 0. The molecular weight excluding hydrogens is 384 g/mol. The van der Waals surface area contributed by atoms with Crippen molar-refractivity contribution in [1.29, 1.82) is 0 Å². The molecule has 0 heterocycles. The van der Waals surface area contributed by atoms with Crippen molar-refractivity contribution in [1.82, 2.24) is 0 Å². The zero-order chi connectivity index (χ0) is 22.8. The van der Waals surface area contributed by atoms with Crippen molar-refractivity contribution in [3.05, 3.63) is 0 Å². The van der Waals surface area contributed by atoms with E-state index in [1.54, 1.807) is 0 Å². The van der Waals surface area contributed by atoms with Crippen molar-refractivity contribution in [2.45, 2.75) is 129 Å². The molecule has 10 atom stereocenters. The monoisotopic (exact) mass is 434 g/mol. The lowest BCUT2D eigenvalue weighted by atomic mass is 9.41. The highest BCUT2D eigenvalue weighted by atomic mass is 16.3. The number of rotatable bonds is 5. The summed E-state index contributed by atoms with van der Waals surface area (Å²) in [5.74, 6) is 3.83. The van der Waals surface area contributed by atoms with E-state index in [-0.39, 0.29) is 17.4 Å². The van der Waals surface area contributed by atoms with Crippen LogP contribution in [-0.4, -0.2) is 32.6 Å². The van der Waals surface area contributed by atoms with Crippen molar-refractivity contribution < 1.29 is 15.3 Å². The lowest BCUT2D eigenvalue weighted by Crippen LogP contribution is -2.62. The lowest BCUT2D eigenvalue weighted by molar-refractivity contribution is -0.210. The van der Waals surface area contributed by atoms with E-state index in [1.807, 2.05) is 13.8 Å². The van der Waals surface area contributed by atoms with Crippen LogP contribution in [0.4, 0.5) is 0 Å². The van der Waals surface area contributed by atoms with Crippen LogP contribution in [0.3, 0.4) is 0 Å². The van der Waals surface area contributed by atoms with Gasteiger partial charge in [-0.3, -0.25) is 0 Å². The first-order valence-electron chi connectivity index (χ1n) is 13.4. The first-order valence-corrected chi connectivity index (χ1v) is 13.4. The molecule has 180 valence electrons. The fourth-order valence-electron chi connectivity index (χ4n) is 9.76. The average molecular weight is 435 g/mol. The van der Waals surface area contributed by atoms with E-state index >= 15 is 0 Å². The molecular formula is C28H50O3. The minimum atomic E-state index is -0.647. The average Bonchev–Trinajstić information content (AvgIpc) is 2.99. The van der Waals surface area contributed by atoms with Crippen LogP contribution in [0, 0.1) is 46.3 Å². The van der Waals surface area contributed by atoms with Crippen LogP contribution in [0.25, 0.3) is 0 Å². The summed E-state index contributed by atoms with van der Waals surface area (Å²) in [4.78, 5) is 0. The normalized spacial score (nSPS) is 51.0. The Bertz CT molecular complexity index is 651. The highest BCUT2D eigenvalue weighted by Crippen LogP contribution is 2.69. The van der Waals surface area contributed by atoms with Crippen molar-refractivity contribution in [3.63, 3.8) is 0 Å². The molecule has 4 fully saturated rings. The second-order valence-electron chi connectivity index (χ2n) is 13.8. The lowest BCUT2D eigenvalue weighted by Gasteiger charge is -2.65. The van der Waals surface area contributed by atoms with Gasteiger partial charge in [0.2, 0.25) is 0 Å². The van der Waals surface area contributed by atoms with E-state index in [1.165, 1.54) is 32.1 Å². The highest BCUT2D eigenvalue weighted by molar-refractivity contribution is 5.14. The number of hydrogen-bond acceptors (Lipinski definition) is 3. The van der Waals surface area contributed by atoms with Crippen molar-refractivity contribution >= 4 is 0 Å². The van der Waals surface area contributed by atoms with Crippen LogP contribution in [-0.2, 0) is 0 Å². The summed E-state index contributed by atoms with van der Waals surface area (Å²) < 4.78 is 0. The topological polar surface area (TPSA) is 60.7 Å². The summed E-state index contributed by atoms with van der Waals surface area (Å²) in [5.41, 5.74) is -0.606. The Morgan fingerprint density at radius 2 is 1.61 bits per heavy atom. The molecule has 0 aromatic carbocycles. The molecule has 3 heteroatoms. The van der Waals surface area contributed by atoms with Gasteiger partial charge in [0.25, 0.3) is 0 Å². The minimum Gasteiger partial charge on any atom is -0.393 e. The second-order valence-corrected chi connectivity index (χ2v) is 13.8. The fourth-order valence-corrected chi connectivity index (χ4v) is 9.76. The van der Waals surface area contributed by atoms with Crippen molar-refractivity contribution in [2.24, 2.45) is 46.3 Å². The summed E-state index contributed by atoms with van der Waals surface area (Å²) in [6.07, 6.45) is 12.0. The maximum atomic E-state index is 11.6. The molecule has 1 unspecified atom stereocenters. The number of hydrogen-bond donors (Lipinski definition) is 3. The summed E-state index contributed by atoms with van der Waals surface area (Å²) in [6.45, 7) is 13.5. The van der Waals surface area contributed by atoms with E-state index in [0.717, 1.165) is 50.4 Å². The molecule has 4 rings (SSSR count). The van der Waals surface area contributed by atoms with E-state index in [0.29, 0.717) is 23.2 Å². The maximum Gasteiger partial charge on any atom is 0.0656 e. The molecule has 4 saturated carbocycles. The van der Waals surface area contributed by atoms with Gasteiger partial charge in [-0.25, -0.2) is 0 Å². The first kappa shape index (κ1) is 24.0. The standard InChI is InChI=1S/C28H50O3/c1-18(8-7-13-25(2,3)30)21-9-10-22-20-17-28(6,31)24-16-19(29)11-14-27(24,5)23(20)12-15-26(21,22)4/h18-24,29-31H,7-17H2,1-6H3/t18-,19+,20+,21-,22+,23+,24+,26-,27-,28?/m1/s1. The quantitative estimate of drug-likeness (QED) is 0.501. The molecule has 0 radical (unpaired) electrons. The molecule has 0 bridgehead atoms. The Labute approximate surface area is 191 Å². The summed E-state index contributed by atoms with van der Waals surface area (Å²) in [6, 6.07) is 0. The van der Waals surface area contributed by atoms with E-state index in [9.17, 15) is 15.3 Å². The molecule has 31 heavy (non-hydrogen) atoms. The number of fused-ring (bicyclic) bond motifs is 5. The molecule has 4 aliphatic carbocycles. The maximum absolute atomic E-state index is 11.6. The predicted molar refractivity (Wildman–Crippen MR) is 127 cm³/mol. The van der Waals surface area contributed by atoms with Crippen LogP contribution in [0.15, 0.2) is 0 Å². The van der Waals surface area contributed by atoms with E-state index < -0.39 is 11.2 Å². The van der Waals surface area contributed by atoms with Gasteiger partial charge in [0.1, 0.15) is 0 Å². The predicted octanol–water partition coefficient (Wildman–Crippen LogP) is 5.94. The van der Waals surface area contributed by atoms with Crippen LogP contribution in [0.2, 0.25) is 0 Å². The van der Waals surface area contributed by atoms with Crippen LogP contribution >= 0.6 is 0 Å². The van der Waals surface area contributed by atoms with Crippen molar-refractivity contribution in [3.8, 4) is 0 Å². The zero-order valence-corrected chi connectivity index (χ0v) is 21.2. The molecule has 3 nitrogen and oxygen atoms in total. The third-order valence-electron chi connectivity index (χ3n) is 11.2. The van der Waals surface area contributed by atoms with Crippen LogP contribution in [0.1, 0.15) is 112 Å². The molecule has 0 aliphatic heterocycles.